The molecule has 1 aliphatic rings. The maximum atomic E-state index is 13.0. The van der Waals surface area contributed by atoms with Crippen molar-refractivity contribution < 1.29 is 23.9 Å². The monoisotopic (exact) mass is 421 g/mol. The first-order valence-electron chi connectivity index (χ1n) is 9.28. The zero-order chi connectivity index (χ0) is 22.5. The highest BCUT2D eigenvalue weighted by Gasteiger charge is 2.38. The fourth-order valence-corrected chi connectivity index (χ4v) is 3.28. The van der Waals surface area contributed by atoms with E-state index in [1.165, 1.54) is 25.3 Å². The van der Waals surface area contributed by atoms with Gasteiger partial charge in [0.15, 0.2) is 0 Å². The topological polar surface area (TPSA) is 138 Å². The van der Waals surface area contributed by atoms with Crippen molar-refractivity contribution in [3.63, 3.8) is 0 Å². The summed E-state index contributed by atoms with van der Waals surface area (Å²) in [7, 11) is 1.52. The summed E-state index contributed by atoms with van der Waals surface area (Å²) in [5, 5.41) is 21.0. The van der Waals surface area contributed by atoms with Crippen molar-refractivity contribution in [2.24, 2.45) is 5.73 Å². The van der Waals surface area contributed by atoms with Gasteiger partial charge in [0, 0.05) is 17.7 Å². The number of hydrogen-bond donors (Lipinski definition) is 1. The van der Waals surface area contributed by atoms with Crippen molar-refractivity contribution in [2.75, 3.05) is 13.7 Å². The molecule has 31 heavy (non-hydrogen) atoms. The molecule has 0 spiro atoms. The maximum absolute atomic E-state index is 13.0. The first-order chi connectivity index (χ1) is 14.9. The number of ether oxygens (including phenoxy) is 3. The number of nitrogens with zero attached hydrogens (tertiary/aromatic N) is 2. The van der Waals surface area contributed by atoms with Gasteiger partial charge < -0.3 is 19.9 Å². The first-order valence-corrected chi connectivity index (χ1v) is 9.28. The Kier molecular flexibility index (Phi) is 6.21. The van der Waals surface area contributed by atoms with E-state index in [2.05, 4.69) is 0 Å². The van der Waals surface area contributed by atoms with Gasteiger partial charge in [-0.15, -0.1) is 0 Å². The molecule has 1 unspecified atom stereocenters. The molecule has 1 aliphatic heterocycles. The number of carbonyl (C=O) groups excluding carboxylic acids is 1. The number of rotatable bonds is 6. The molecule has 1 atom stereocenters. The van der Waals surface area contributed by atoms with Crippen molar-refractivity contribution in [1.82, 2.24) is 0 Å². The number of benzene rings is 2. The van der Waals surface area contributed by atoms with E-state index in [0.29, 0.717) is 16.9 Å². The number of nitro groups is 1. The van der Waals surface area contributed by atoms with Gasteiger partial charge in [0.05, 0.1) is 30.1 Å². The van der Waals surface area contributed by atoms with Crippen LogP contribution in [0.15, 0.2) is 65.6 Å². The molecule has 0 saturated heterocycles. The van der Waals surface area contributed by atoms with Gasteiger partial charge in [-0.05, 0) is 36.8 Å². The number of nitriles is 1. The Morgan fingerprint density at radius 1 is 1.29 bits per heavy atom. The minimum Gasteiger partial charge on any atom is -0.497 e. The van der Waals surface area contributed by atoms with Crippen LogP contribution in [-0.4, -0.2) is 24.6 Å². The maximum Gasteiger partial charge on any atom is 0.338 e. The van der Waals surface area contributed by atoms with Crippen LogP contribution in [0.3, 0.4) is 0 Å². The molecule has 0 radical (unpaired) electrons. The lowest BCUT2D eigenvalue weighted by molar-refractivity contribution is -0.384. The predicted molar refractivity (Wildman–Crippen MR) is 110 cm³/mol. The van der Waals surface area contributed by atoms with Crippen molar-refractivity contribution in [3.8, 4) is 11.8 Å². The number of esters is 1. The lowest BCUT2D eigenvalue weighted by atomic mass is 9.82. The molecule has 0 amide bonds. The fraction of sp³-hybridized carbons (Fsp3) is 0.182. The third-order valence-electron chi connectivity index (χ3n) is 4.68. The molecule has 9 heteroatoms. The normalized spacial score (nSPS) is 15.7. The van der Waals surface area contributed by atoms with Gasteiger partial charge in [-0.2, -0.15) is 5.26 Å². The lowest BCUT2D eigenvalue weighted by Gasteiger charge is -2.28. The van der Waals surface area contributed by atoms with Gasteiger partial charge in [-0.25, -0.2) is 4.79 Å². The number of carbonyl (C=O) groups is 1. The molecule has 9 nitrogen and oxygen atoms in total. The molecule has 0 aliphatic carbocycles. The minimum absolute atomic E-state index is 0.0262. The van der Waals surface area contributed by atoms with Gasteiger partial charge in [0.1, 0.15) is 23.2 Å². The second kappa shape index (κ2) is 9.00. The van der Waals surface area contributed by atoms with Crippen LogP contribution in [0.5, 0.6) is 5.75 Å². The summed E-state index contributed by atoms with van der Waals surface area (Å²) in [5.41, 5.74) is 6.66. The highest BCUT2D eigenvalue weighted by Crippen LogP contribution is 2.43. The fourth-order valence-electron chi connectivity index (χ4n) is 3.28. The summed E-state index contributed by atoms with van der Waals surface area (Å²) in [5.74, 6) is -1.22. The summed E-state index contributed by atoms with van der Waals surface area (Å²) in [4.78, 5) is 23.7. The smallest absolute Gasteiger partial charge is 0.338 e. The van der Waals surface area contributed by atoms with Crippen molar-refractivity contribution in [1.29, 1.82) is 5.26 Å². The predicted octanol–water partition coefficient (Wildman–Crippen LogP) is 3.39. The van der Waals surface area contributed by atoms with Crippen LogP contribution in [0.25, 0.3) is 5.76 Å². The Morgan fingerprint density at radius 3 is 2.58 bits per heavy atom. The summed E-state index contributed by atoms with van der Waals surface area (Å²) >= 11 is 0. The number of hydrogen-bond acceptors (Lipinski definition) is 8. The summed E-state index contributed by atoms with van der Waals surface area (Å²) in [6.45, 7) is 1.73. The average Bonchev–Trinajstić information content (AvgIpc) is 2.78. The van der Waals surface area contributed by atoms with Crippen LogP contribution in [0.4, 0.5) is 5.69 Å². The van der Waals surface area contributed by atoms with E-state index in [4.69, 9.17) is 19.9 Å². The minimum atomic E-state index is -1.00. The number of nitro benzene ring substituents is 1. The molecule has 0 fully saturated rings. The van der Waals surface area contributed by atoms with E-state index in [0.717, 1.165) is 0 Å². The first kappa shape index (κ1) is 21.4. The van der Waals surface area contributed by atoms with E-state index in [9.17, 15) is 20.2 Å². The summed E-state index contributed by atoms with van der Waals surface area (Å²) < 4.78 is 16.1. The highest BCUT2D eigenvalue weighted by atomic mass is 16.6. The lowest BCUT2D eigenvalue weighted by Crippen LogP contribution is -2.26. The highest BCUT2D eigenvalue weighted by molar-refractivity contribution is 6.00. The Balaban J connectivity index is 2.28. The molecule has 0 bridgehead atoms. The standard InChI is InChI=1S/C22H19N3O6/c1-3-30-22(26)19-18(14-5-4-6-15(11-14)25(27)28)17(12-23)21(24)31-20(19)13-7-9-16(29-2)10-8-13/h4-11,18H,3,24H2,1-2H3. The molecule has 2 N–H and O–H groups in total. The largest absolute Gasteiger partial charge is 0.497 e. The van der Waals surface area contributed by atoms with Crippen LogP contribution in [-0.2, 0) is 14.3 Å². The third-order valence-corrected chi connectivity index (χ3v) is 4.68. The van der Waals surface area contributed by atoms with Crippen LogP contribution < -0.4 is 10.5 Å². The Hall–Kier alpha value is -4.32. The van der Waals surface area contributed by atoms with Gasteiger partial charge >= 0.3 is 5.97 Å². The SMILES string of the molecule is CCOC(=O)C1=C(c2ccc(OC)cc2)OC(N)=C(C#N)C1c1cccc([N+](=O)[O-])c1. The number of methoxy groups -OCH3 is 1. The van der Waals surface area contributed by atoms with E-state index in [-0.39, 0.29) is 35.1 Å². The Bertz CT molecular complexity index is 1130. The van der Waals surface area contributed by atoms with E-state index in [1.807, 2.05) is 6.07 Å². The van der Waals surface area contributed by atoms with Crippen LogP contribution in [0, 0.1) is 21.4 Å². The summed E-state index contributed by atoms with van der Waals surface area (Å²) in [6, 6.07) is 14.3. The number of non-ortho nitro benzene ring substituents is 1. The summed E-state index contributed by atoms with van der Waals surface area (Å²) in [6.07, 6.45) is 0. The molecule has 2 aromatic rings. The molecule has 1 heterocycles. The molecular formula is C22H19N3O6. The molecule has 0 aromatic heterocycles. The Labute approximate surface area is 178 Å². The average molecular weight is 421 g/mol. The molecule has 2 aromatic carbocycles. The van der Waals surface area contributed by atoms with Gasteiger partial charge in [0.25, 0.3) is 5.69 Å². The van der Waals surface area contributed by atoms with Crippen LogP contribution >= 0.6 is 0 Å². The zero-order valence-electron chi connectivity index (χ0n) is 16.8. The molecular weight excluding hydrogens is 402 g/mol. The Morgan fingerprint density at radius 2 is 2.00 bits per heavy atom. The second-order valence-electron chi connectivity index (χ2n) is 6.47. The van der Waals surface area contributed by atoms with Gasteiger partial charge in [0.2, 0.25) is 5.88 Å². The van der Waals surface area contributed by atoms with Crippen molar-refractivity contribution in [2.45, 2.75) is 12.8 Å². The number of nitrogens with two attached hydrogens (primary N) is 1. The quantitative estimate of drug-likeness (QED) is 0.425. The van der Waals surface area contributed by atoms with E-state index in [1.54, 1.807) is 37.3 Å². The third kappa shape index (κ3) is 4.18. The molecule has 158 valence electrons. The van der Waals surface area contributed by atoms with Crippen molar-refractivity contribution in [3.05, 3.63) is 86.8 Å². The van der Waals surface area contributed by atoms with Crippen molar-refractivity contribution >= 4 is 17.4 Å². The molecule has 0 saturated carbocycles. The zero-order valence-corrected chi connectivity index (χ0v) is 16.8. The molecule has 3 rings (SSSR count). The van der Waals surface area contributed by atoms with Crippen LogP contribution in [0.2, 0.25) is 0 Å². The van der Waals surface area contributed by atoms with E-state index >= 15 is 0 Å². The van der Waals surface area contributed by atoms with Crippen LogP contribution in [0.1, 0.15) is 24.0 Å². The number of allylic oxidation sites excluding steroid dienone is 1. The van der Waals surface area contributed by atoms with Gasteiger partial charge in [-0.1, -0.05) is 12.1 Å². The van der Waals surface area contributed by atoms with Gasteiger partial charge in [-0.3, -0.25) is 10.1 Å². The second-order valence-corrected chi connectivity index (χ2v) is 6.47. The van der Waals surface area contributed by atoms with E-state index < -0.39 is 16.8 Å².